The Hall–Kier alpha value is -0.420. The van der Waals surface area contributed by atoms with Crippen LogP contribution >= 0.6 is 27.3 Å². The number of rotatable bonds is 2. The molecular formula is C14H16BrNOS. The minimum Gasteiger partial charge on any atom is -0.381 e. The Morgan fingerprint density at radius 1 is 1.33 bits per heavy atom. The Labute approximate surface area is 119 Å². The van der Waals surface area contributed by atoms with Crippen LogP contribution in [0.4, 0.5) is 0 Å². The molecule has 2 N–H and O–H groups in total. The molecule has 2 aromatic rings. The number of halogens is 1. The lowest BCUT2D eigenvalue weighted by atomic mass is 9.88. The van der Waals surface area contributed by atoms with Crippen LogP contribution in [0.15, 0.2) is 28.1 Å². The van der Waals surface area contributed by atoms with Gasteiger partial charge in [0, 0.05) is 28.4 Å². The highest BCUT2D eigenvalue weighted by molar-refractivity contribution is 9.10. The third kappa shape index (κ3) is 2.23. The van der Waals surface area contributed by atoms with Gasteiger partial charge in [-0.1, -0.05) is 12.1 Å². The summed E-state index contributed by atoms with van der Waals surface area (Å²) in [4.78, 5) is 0. The molecule has 2 nitrogen and oxygen atoms in total. The SMILES string of the molecule is NC(c1csc2c(Br)cccc12)C1CCOCC1. The van der Waals surface area contributed by atoms with Crippen molar-refractivity contribution in [1.82, 2.24) is 0 Å². The molecule has 0 aliphatic carbocycles. The first-order valence-corrected chi connectivity index (χ1v) is 7.93. The van der Waals surface area contributed by atoms with Gasteiger partial charge in [0.25, 0.3) is 0 Å². The average molecular weight is 326 g/mol. The van der Waals surface area contributed by atoms with Gasteiger partial charge in [-0.05, 0) is 57.1 Å². The van der Waals surface area contributed by atoms with Gasteiger partial charge < -0.3 is 10.5 Å². The van der Waals surface area contributed by atoms with Crippen molar-refractivity contribution < 1.29 is 4.74 Å². The highest BCUT2D eigenvalue weighted by Crippen LogP contribution is 2.38. The molecule has 1 aromatic heterocycles. The molecule has 1 fully saturated rings. The Morgan fingerprint density at radius 3 is 2.89 bits per heavy atom. The Bertz CT molecular complexity index is 548. The van der Waals surface area contributed by atoms with Gasteiger partial charge in [0.05, 0.1) is 0 Å². The summed E-state index contributed by atoms with van der Waals surface area (Å²) in [5.74, 6) is 0.551. The predicted octanol–water partition coefficient (Wildman–Crippen LogP) is 4.09. The summed E-state index contributed by atoms with van der Waals surface area (Å²) < 4.78 is 7.88. The van der Waals surface area contributed by atoms with E-state index in [0.717, 1.165) is 30.5 Å². The van der Waals surface area contributed by atoms with E-state index in [9.17, 15) is 0 Å². The summed E-state index contributed by atoms with van der Waals surface area (Å²) in [6.07, 6.45) is 2.15. The zero-order chi connectivity index (χ0) is 12.5. The van der Waals surface area contributed by atoms with Crippen LogP contribution in [0, 0.1) is 5.92 Å². The molecule has 1 aliphatic rings. The van der Waals surface area contributed by atoms with E-state index in [-0.39, 0.29) is 6.04 Å². The van der Waals surface area contributed by atoms with Gasteiger partial charge in [0.1, 0.15) is 0 Å². The fourth-order valence-electron chi connectivity index (χ4n) is 2.63. The first-order chi connectivity index (χ1) is 8.77. The minimum atomic E-state index is 0.136. The van der Waals surface area contributed by atoms with Crippen LogP contribution in [-0.4, -0.2) is 13.2 Å². The molecule has 18 heavy (non-hydrogen) atoms. The van der Waals surface area contributed by atoms with Gasteiger partial charge in [-0.3, -0.25) is 0 Å². The second-order valence-electron chi connectivity index (χ2n) is 4.78. The molecule has 96 valence electrons. The van der Waals surface area contributed by atoms with Crippen molar-refractivity contribution in [3.05, 3.63) is 33.6 Å². The van der Waals surface area contributed by atoms with Crippen molar-refractivity contribution in [1.29, 1.82) is 0 Å². The lowest BCUT2D eigenvalue weighted by Gasteiger charge is -2.27. The molecule has 4 heteroatoms. The molecule has 3 rings (SSSR count). The molecule has 1 saturated heterocycles. The summed E-state index contributed by atoms with van der Waals surface area (Å²) in [7, 11) is 0. The maximum absolute atomic E-state index is 6.47. The van der Waals surface area contributed by atoms with E-state index in [1.165, 1.54) is 15.6 Å². The molecule has 2 heterocycles. The largest absolute Gasteiger partial charge is 0.381 e. The highest BCUT2D eigenvalue weighted by atomic mass is 79.9. The zero-order valence-electron chi connectivity index (χ0n) is 10.1. The van der Waals surface area contributed by atoms with E-state index in [1.807, 2.05) is 0 Å². The van der Waals surface area contributed by atoms with Crippen LogP contribution in [0.2, 0.25) is 0 Å². The number of thiophene rings is 1. The van der Waals surface area contributed by atoms with E-state index in [1.54, 1.807) is 11.3 Å². The first kappa shape index (κ1) is 12.6. The fourth-order valence-corrected chi connectivity index (χ4v) is 4.30. The molecule has 0 radical (unpaired) electrons. The lowest BCUT2D eigenvalue weighted by Crippen LogP contribution is -2.27. The van der Waals surface area contributed by atoms with Crippen LogP contribution in [-0.2, 0) is 4.74 Å². The van der Waals surface area contributed by atoms with Crippen molar-refractivity contribution in [2.24, 2.45) is 11.7 Å². The van der Waals surface area contributed by atoms with Crippen molar-refractivity contribution in [3.8, 4) is 0 Å². The minimum absolute atomic E-state index is 0.136. The monoisotopic (exact) mass is 325 g/mol. The van der Waals surface area contributed by atoms with Crippen LogP contribution in [0.25, 0.3) is 10.1 Å². The Balaban J connectivity index is 1.96. The number of hydrogen-bond donors (Lipinski definition) is 1. The average Bonchev–Trinajstić information content (AvgIpc) is 2.84. The van der Waals surface area contributed by atoms with Crippen LogP contribution in [0.1, 0.15) is 24.4 Å². The molecule has 0 bridgehead atoms. The number of fused-ring (bicyclic) bond motifs is 1. The smallest absolute Gasteiger partial charge is 0.0488 e. The number of hydrogen-bond acceptors (Lipinski definition) is 3. The summed E-state index contributed by atoms with van der Waals surface area (Å²) in [6.45, 7) is 1.70. The molecule has 1 aliphatic heterocycles. The third-order valence-corrected chi connectivity index (χ3v) is 5.69. The van der Waals surface area contributed by atoms with E-state index in [4.69, 9.17) is 10.5 Å². The first-order valence-electron chi connectivity index (χ1n) is 6.26. The molecule has 0 saturated carbocycles. The fraction of sp³-hybridized carbons (Fsp3) is 0.429. The quantitative estimate of drug-likeness (QED) is 0.902. The maximum Gasteiger partial charge on any atom is 0.0488 e. The standard InChI is InChI=1S/C14H16BrNOS/c15-12-3-1-2-10-11(8-18-14(10)12)13(16)9-4-6-17-7-5-9/h1-3,8-9,13H,4-7,16H2. The maximum atomic E-state index is 6.47. The van der Waals surface area contributed by atoms with Gasteiger partial charge >= 0.3 is 0 Å². The molecule has 1 atom stereocenters. The third-order valence-electron chi connectivity index (χ3n) is 3.71. The van der Waals surface area contributed by atoms with E-state index >= 15 is 0 Å². The zero-order valence-corrected chi connectivity index (χ0v) is 12.5. The number of ether oxygens (including phenoxy) is 1. The lowest BCUT2D eigenvalue weighted by molar-refractivity contribution is 0.0585. The Kier molecular flexibility index (Phi) is 3.71. The molecule has 0 spiro atoms. The predicted molar refractivity (Wildman–Crippen MR) is 80.0 cm³/mol. The summed E-state index contributed by atoms with van der Waals surface area (Å²) in [5, 5.41) is 3.52. The van der Waals surface area contributed by atoms with Crippen molar-refractivity contribution >= 4 is 37.4 Å². The number of nitrogens with two attached hydrogens (primary N) is 1. The molecule has 0 amide bonds. The highest BCUT2D eigenvalue weighted by Gasteiger charge is 2.24. The number of benzene rings is 1. The van der Waals surface area contributed by atoms with Crippen LogP contribution < -0.4 is 5.73 Å². The van der Waals surface area contributed by atoms with E-state index in [2.05, 4.69) is 39.5 Å². The van der Waals surface area contributed by atoms with E-state index in [0.29, 0.717) is 5.92 Å². The van der Waals surface area contributed by atoms with Gasteiger partial charge in [0.2, 0.25) is 0 Å². The summed E-state index contributed by atoms with van der Waals surface area (Å²) in [5.41, 5.74) is 7.76. The molecular weight excluding hydrogens is 310 g/mol. The normalized spacial score (nSPS) is 19.2. The Morgan fingerprint density at radius 2 is 2.11 bits per heavy atom. The van der Waals surface area contributed by atoms with Gasteiger partial charge in [-0.25, -0.2) is 0 Å². The summed E-state index contributed by atoms with van der Waals surface area (Å²) in [6, 6.07) is 6.48. The van der Waals surface area contributed by atoms with Crippen LogP contribution in [0.3, 0.4) is 0 Å². The molecule has 1 unspecified atom stereocenters. The van der Waals surface area contributed by atoms with Gasteiger partial charge in [0.15, 0.2) is 0 Å². The van der Waals surface area contributed by atoms with Crippen molar-refractivity contribution in [2.75, 3.05) is 13.2 Å². The van der Waals surface area contributed by atoms with Crippen LogP contribution in [0.5, 0.6) is 0 Å². The van der Waals surface area contributed by atoms with Gasteiger partial charge in [-0.15, -0.1) is 11.3 Å². The second kappa shape index (κ2) is 5.29. The molecule has 1 aromatic carbocycles. The van der Waals surface area contributed by atoms with Crippen molar-refractivity contribution in [3.63, 3.8) is 0 Å². The topological polar surface area (TPSA) is 35.2 Å². The van der Waals surface area contributed by atoms with Crippen molar-refractivity contribution in [2.45, 2.75) is 18.9 Å². The van der Waals surface area contributed by atoms with E-state index < -0.39 is 0 Å². The van der Waals surface area contributed by atoms with Gasteiger partial charge in [-0.2, -0.15) is 0 Å². The second-order valence-corrected chi connectivity index (χ2v) is 6.52. The summed E-state index contributed by atoms with van der Waals surface area (Å²) >= 11 is 5.38.